The maximum atomic E-state index is 13.1. The van der Waals surface area contributed by atoms with Crippen LogP contribution >= 0.6 is 11.6 Å². The van der Waals surface area contributed by atoms with Crippen molar-refractivity contribution in [3.8, 4) is 34.1 Å². The quantitative estimate of drug-likeness (QED) is 0.0558. The highest BCUT2D eigenvalue weighted by atomic mass is 35.5. The third-order valence-corrected chi connectivity index (χ3v) is 9.59. The third kappa shape index (κ3) is 10.6. The van der Waals surface area contributed by atoms with E-state index in [4.69, 9.17) is 35.3 Å². The zero-order valence-corrected chi connectivity index (χ0v) is 30.8. The Morgan fingerprint density at radius 1 is 0.804 bits per heavy atom. The summed E-state index contributed by atoms with van der Waals surface area (Å²) in [5.74, 6) is 1.56. The predicted molar refractivity (Wildman–Crippen MR) is 202 cm³/mol. The summed E-state index contributed by atoms with van der Waals surface area (Å²) in [6.07, 6.45) is 7.36. The molecule has 0 aromatic heterocycles. The van der Waals surface area contributed by atoms with Crippen LogP contribution in [0.2, 0.25) is 5.02 Å². The molecule has 5 rings (SSSR count). The monoisotopic (exact) mass is 710 g/mol. The zero-order chi connectivity index (χ0) is 36.4. The van der Waals surface area contributed by atoms with Crippen LogP contribution < -0.4 is 18.9 Å². The Kier molecular flexibility index (Phi) is 12.8. The van der Waals surface area contributed by atoms with Crippen LogP contribution in [0.25, 0.3) is 17.2 Å². The fourth-order valence-corrected chi connectivity index (χ4v) is 6.22. The number of ether oxygens (including phenoxy) is 5. The van der Waals surface area contributed by atoms with Gasteiger partial charge in [0, 0.05) is 11.1 Å². The van der Waals surface area contributed by atoms with Crippen LogP contribution in [-0.2, 0) is 14.3 Å². The normalized spacial score (nSPS) is 16.0. The van der Waals surface area contributed by atoms with E-state index in [1.165, 1.54) is 18.7 Å². The first-order valence-electron chi connectivity index (χ1n) is 17.5. The SMILES string of the molecule is COc1cc(C=CC(=O)OC2CCC(Oc3ccc(-c4ccccc4)cc3)CC2)ccc1OC(=O)C(C)(C)CCCOc1cc(C)c(Cl)cc1C. The molecule has 0 unspecified atom stereocenters. The first kappa shape index (κ1) is 37.5. The van der Waals surface area contributed by atoms with Gasteiger partial charge in [-0.15, -0.1) is 0 Å². The second-order valence-electron chi connectivity index (χ2n) is 13.7. The van der Waals surface area contributed by atoms with E-state index in [1.807, 2.05) is 70.2 Å². The topological polar surface area (TPSA) is 80.3 Å². The van der Waals surface area contributed by atoms with Gasteiger partial charge in [-0.05, 0) is 137 Å². The van der Waals surface area contributed by atoms with Crippen molar-refractivity contribution in [1.82, 2.24) is 0 Å². The van der Waals surface area contributed by atoms with Gasteiger partial charge in [0.2, 0.25) is 0 Å². The smallest absolute Gasteiger partial charge is 0.331 e. The molecule has 0 radical (unpaired) electrons. The molecule has 0 atom stereocenters. The van der Waals surface area contributed by atoms with Crippen molar-refractivity contribution < 1.29 is 33.3 Å². The summed E-state index contributed by atoms with van der Waals surface area (Å²) in [5.41, 5.74) is 4.21. The minimum absolute atomic E-state index is 0.0894. The minimum Gasteiger partial charge on any atom is -0.493 e. The van der Waals surface area contributed by atoms with Crippen molar-refractivity contribution in [1.29, 1.82) is 0 Å². The Labute approximate surface area is 306 Å². The lowest BCUT2D eigenvalue weighted by atomic mass is 9.88. The van der Waals surface area contributed by atoms with Gasteiger partial charge >= 0.3 is 11.9 Å². The molecule has 4 aromatic rings. The highest BCUT2D eigenvalue weighted by Gasteiger charge is 2.30. The van der Waals surface area contributed by atoms with Crippen LogP contribution in [0.3, 0.4) is 0 Å². The second-order valence-corrected chi connectivity index (χ2v) is 14.1. The Morgan fingerprint density at radius 2 is 1.49 bits per heavy atom. The number of carbonyl (C=O) groups is 2. The number of benzene rings is 4. The molecule has 0 bridgehead atoms. The van der Waals surface area contributed by atoms with E-state index < -0.39 is 11.4 Å². The number of halogens is 1. The molecule has 0 saturated heterocycles. The van der Waals surface area contributed by atoms with E-state index in [-0.39, 0.29) is 18.2 Å². The minimum atomic E-state index is -0.749. The van der Waals surface area contributed by atoms with Crippen molar-refractivity contribution >= 4 is 29.6 Å². The van der Waals surface area contributed by atoms with E-state index in [0.29, 0.717) is 41.5 Å². The van der Waals surface area contributed by atoms with Crippen molar-refractivity contribution in [2.45, 2.75) is 78.4 Å². The fourth-order valence-electron chi connectivity index (χ4n) is 6.00. The van der Waals surface area contributed by atoms with Crippen LogP contribution in [-0.4, -0.2) is 37.9 Å². The van der Waals surface area contributed by atoms with Gasteiger partial charge in [-0.1, -0.05) is 60.1 Å². The number of carbonyl (C=O) groups excluding carboxylic acids is 2. The summed E-state index contributed by atoms with van der Waals surface area (Å²) in [6, 6.07) is 27.4. The summed E-state index contributed by atoms with van der Waals surface area (Å²) in [4.78, 5) is 25.8. The van der Waals surface area contributed by atoms with E-state index in [9.17, 15) is 9.59 Å². The summed E-state index contributed by atoms with van der Waals surface area (Å²) < 4.78 is 29.2. The van der Waals surface area contributed by atoms with Gasteiger partial charge < -0.3 is 23.7 Å². The highest BCUT2D eigenvalue weighted by molar-refractivity contribution is 6.31. The molecule has 0 aliphatic heterocycles. The lowest BCUT2D eigenvalue weighted by molar-refractivity contribution is -0.145. The average molecular weight is 711 g/mol. The van der Waals surface area contributed by atoms with Gasteiger partial charge in [-0.25, -0.2) is 4.79 Å². The van der Waals surface area contributed by atoms with Crippen molar-refractivity contribution in [3.05, 3.63) is 113 Å². The molecular weight excluding hydrogens is 664 g/mol. The van der Waals surface area contributed by atoms with E-state index >= 15 is 0 Å². The van der Waals surface area contributed by atoms with E-state index in [0.717, 1.165) is 53.9 Å². The summed E-state index contributed by atoms with van der Waals surface area (Å²) in [5, 5.41) is 0.711. The molecule has 268 valence electrons. The molecule has 0 N–H and O–H groups in total. The molecule has 1 saturated carbocycles. The van der Waals surface area contributed by atoms with E-state index in [1.54, 1.807) is 24.3 Å². The Bertz CT molecular complexity index is 1810. The molecule has 0 spiro atoms. The fraction of sp³-hybridized carbons (Fsp3) is 0.349. The van der Waals surface area contributed by atoms with Gasteiger partial charge in [0.05, 0.1) is 25.2 Å². The van der Waals surface area contributed by atoms with Gasteiger partial charge in [0.1, 0.15) is 17.6 Å². The zero-order valence-electron chi connectivity index (χ0n) is 30.1. The van der Waals surface area contributed by atoms with Crippen molar-refractivity contribution in [2.24, 2.45) is 5.41 Å². The first-order valence-corrected chi connectivity index (χ1v) is 17.9. The number of rotatable bonds is 14. The highest BCUT2D eigenvalue weighted by Crippen LogP contribution is 2.33. The maximum absolute atomic E-state index is 13.1. The van der Waals surface area contributed by atoms with Crippen molar-refractivity contribution in [3.63, 3.8) is 0 Å². The molecule has 8 heteroatoms. The average Bonchev–Trinajstić information content (AvgIpc) is 3.13. The largest absolute Gasteiger partial charge is 0.493 e. The summed E-state index contributed by atoms with van der Waals surface area (Å²) in [6.45, 7) is 8.07. The molecule has 1 aliphatic carbocycles. The Balaban J connectivity index is 1.05. The van der Waals surface area contributed by atoms with Crippen molar-refractivity contribution in [2.75, 3.05) is 13.7 Å². The molecule has 0 heterocycles. The lowest BCUT2D eigenvalue weighted by Gasteiger charge is -2.28. The van der Waals surface area contributed by atoms with Crippen LogP contribution in [0.15, 0.2) is 91.0 Å². The number of esters is 2. The Hall–Kier alpha value is -4.75. The molecule has 0 amide bonds. The van der Waals surface area contributed by atoms with Crippen LogP contribution in [0.1, 0.15) is 69.1 Å². The number of methoxy groups -OCH3 is 1. The van der Waals surface area contributed by atoms with Crippen LogP contribution in [0.4, 0.5) is 0 Å². The second kappa shape index (κ2) is 17.5. The standard InChI is InChI=1S/C43H47ClO7/c1-29-27-39(30(2)26-37(29)44)48-25-9-24-43(3,4)42(46)51-38-22-12-31(28-40(38)47-5)13-23-41(45)50-36-20-18-35(19-21-36)49-34-16-14-33(15-17-34)32-10-7-6-8-11-32/h6-8,10-17,22-23,26-28,35-36H,9,18-21,24-25H2,1-5H3. The molecule has 51 heavy (non-hydrogen) atoms. The van der Waals surface area contributed by atoms with E-state index in [2.05, 4.69) is 24.3 Å². The number of hydrogen-bond donors (Lipinski definition) is 0. The molecule has 1 aliphatic rings. The van der Waals surface area contributed by atoms with Gasteiger partial charge in [-0.2, -0.15) is 0 Å². The third-order valence-electron chi connectivity index (χ3n) is 9.18. The number of aryl methyl sites for hydroxylation is 2. The molecule has 1 fully saturated rings. The van der Waals surface area contributed by atoms with Gasteiger partial charge in [0.25, 0.3) is 0 Å². The maximum Gasteiger partial charge on any atom is 0.331 e. The molecular formula is C43H47ClO7. The summed E-state index contributed by atoms with van der Waals surface area (Å²) in [7, 11) is 1.51. The molecule has 7 nitrogen and oxygen atoms in total. The lowest BCUT2D eigenvalue weighted by Crippen LogP contribution is -2.29. The van der Waals surface area contributed by atoms with Gasteiger partial charge in [-0.3, -0.25) is 4.79 Å². The number of hydrogen-bond acceptors (Lipinski definition) is 7. The molecule has 4 aromatic carbocycles. The first-order chi connectivity index (χ1) is 24.5. The predicted octanol–water partition coefficient (Wildman–Crippen LogP) is 10.4. The van der Waals surface area contributed by atoms with Gasteiger partial charge in [0.15, 0.2) is 11.5 Å². The van der Waals surface area contributed by atoms with Crippen LogP contribution in [0.5, 0.6) is 23.0 Å². The summed E-state index contributed by atoms with van der Waals surface area (Å²) >= 11 is 6.19. The van der Waals surface area contributed by atoms with Crippen LogP contribution in [0, 0.1) is 19.3 Å². The Morgan fingerprint density at radius 3 is 2.20 bits per heavy atom.